The summed E-state index contributed by atoms with van der Waals surface area (Å²) in [5.41, 5.74) is 10.4. The molecule has 0 spiro atoms. The molecule has 0 aromatic heterocycles. The fourth-order valence-electron chi connectivity index (χ4n) is 2.60. The number of urea groups is 1. The van der Waals surface area contributed by atoms with Crippen LogP contribution in [0.15, 0.2) is 42.5 Å². The zero-order valence-corrected chi connectivity index (χ0v) is 16.0. The van der Waals surface area contributed by atoms with Gasteiger partial charge < -0.3 is 27.4 Å². The van der Waals surface area contributed by atoms with Gasteiger partial charge in [0.15, 0.2) is 0 Å². The highest BCUT2D eigenvalue weighted by molar-refractivity contribution is 5.99. The molecule has 0 saturated carbocycles. The van der Waals surface area contributed by atoms with E-state index in [9.17, 15) is 23.6 Å². The highest BCUT2D eigenvalue weighted by Gasteiger charge is 2.17. The van der Waals surface area contributed by atoms with Crippen molar-refractivity contribution in [3.05, 3.63) is 65.0 Å². The van der Waals surface area contributed by atoms with E-state index in [1.165, 1.54) is 18.2 Å². The van der Waals surface area contributed by atoms with Gasteiger partial charge in [0.2, 0.25) is 0 Å². The van der Waals surface area contributed by atoms with E-state index in [-0.39, 0.29) is 23.6 Å². The summed E-state index contributed by atoms with van der Waals surface area (Å²) in [6.07, 6.45) is 1.13. The molecule has 0 heterocycles. The second kappa shape index (κ2) is 10.6. The third kappa shape index (κ3) is 6.30. The number of nitrogens with two attached hydrogens (primary N) is 2. The average Bonchev–Trinajstić information content (AvgIpc) is 2.70. The van der Waals surface area contributed by atoms with Crippen molar-refractivity contribution >= 4 is 29.4 Å². The quantitative estimate of drug-likeness (QED) is 0.392. The number of hydrogen-bond donors (Lipinski definition) is 5. The van der Waals surface area contributed by atoms with Gasteiger partial charge in [-0.1, -0.05) is 6.07 Å². The van der Waals surface area contributed by atoms with Gasteiger partial charge in [0.05, 0.1) is 11.1 Å². The van der Waals surface area contributed by atoms with Crippen LogP contribution in [0.5, 0.6) is 0 Å². The maximum Gasteiger partial charge on any atom is 0.316 e. The van der Waals surface area contributed by atoms with Crippen LogP contribution in [-0.2, 0) is 0 Å². The first-order valence-corrected chi connectivity index (χ1v) is 9.11. The Balaban J connectivity index is 1.71. The van der Waals surface area contributed by atoms with E-state index in [4.69, 9.17) is 11.5 Å². The highest BCUT2D eigenvalue weighted by atomic mass is 19.1. The lowest BCUT2D eigenvalue weighted by Gasteiger charge is -2.09. The Labute approximate surface area is 172 Å². The van der Waals surface area contributed by atoms with E-state index in [2.05, 4.69) is 16.0 Å². The lowest BCUT2D eigenvalue weighted by molar-refractivity contribution is 0.0936. The van der Waals surface area contributed by atoms with E-state index in [1.807, 2.05) is 0 Å². The second-order valence-electron chi connectivity index (χ2n) is 6.32. The molecular weight excluding hydrogens is 393 g/mol. The van der Waals surface area contributed by atoms with Crippen LogP contribution in [0.4, 0.5) is 14.9 Å². The molecule has 0 saturated heterocycles. The summed E-state index contributed by atoms with van der Waals surface area (Å²) in [6, 6.07) is 9.38. The van der Waals surface area contributed by atoms with Crippen molar-refractivity contribution in [3.8, 4) is 0 Å². The molecule has 0 atom stereocenters. The van der Waals surface area contributed by atoms with E-state index in [1.54, 1.807) is 24.3 Å². The summed E-state index contributed by atoms with van der Waals surface area (Å²) in [5, 5.41) is 7.69. The maximum absolute atomic E-state index is 14.1. The second-order valence-corrected chi connectivity index (χ2v) is 6.32. The zero-order chi connectivity index (χ0) is 22.1. The Morgan fingerprint density at radius 1 is 0.800 bits per heavy atom. The van der Waals surface area contributed by atoms with Crippen molar-refractivity contribution in [1.29, 1.82) is 0 Å². The van der Waals surface area contributed by atoms with Crippen LogP contribution in [0.3, 0.4) is 0 Å². The lowest BCUT2D eigenvalue weighted by Crippen LogP contribution is -2.28. The first-order valence-electron chi connectivity index (χ1n) is 9.11. The third-order valence-electron chi connectivity index (χ3n) is 4.10. The molecule has 0 radical (unpaired) electrons. The standard InChI is InChI=1S/C20H22FN5O4/c21-16-14(17(22)27)4-3-5-15(16)19(29)25-11-2-1-10-24-18(28)12-6-8-13(9-7-12)26-20(23)30/h3-9H,1-2,10-11H2,(H2,22,27)(H,24,28)(H,25,29)(H3,23,26,30). The number of carbonyl (C=O) groups is 4. The first kappa shape index (κ1) is 22.3. The Morgan fingerprint density at radius 2 is 1.37 bits per heavy atom. The van der Waals surface area contributed by atoms with Crippen molar-refractivity contribution in [1.82, 2.24) is 10.6 Å². The Bertz CT molecular complexity index is 947. The maximum atomic E-state index is 14.1. The average molecular weight is 415 g/mol. The summed E-state index contributed by atoms with van der Waals surface area (Å²) >= 11 is 0. The molecule has 5 amide bonds. The van der Waals surface area contributed by atoms with Gasteiger partial charge >= 0.3 is 6.03 Å². The molecule has 2 rings (SSSR count). The minimum atomic E-state index is -0.952. The monoisotopic (exact) mass is 415 g/mol. The van der Waals surface area contributed by atoms with E-state index in [0.717, 1.165) is 0 Å². The molecule has 10 heteroatoms. The van der Waals surface area contributed by atoms with Crippen LogP contribution in [0.2, 0.25) is 0 Å². The topological polar surface area (TPSA) is 156 Å². The van der Waals surface area contributed by atoms with E-state index < -0.39 is 23.7 Å². The van der Waals surface area contributed by atoms with Gasteiger partial charge in [-0.15, -0.1) is 0 Å². The van der Waals surface area contributed by atoms with Gasteiger partial charge in [0.25, 0.3) is 17.7 Å². The van der Waals surface area contributed by atoms with E-state index in [0.29, 0.717) is 30.6 Å². The number of benzene rings is 2. The third-order valence-corrected chi connectivity index (χ3v) is 4.10. The van der Waals surface area contributed by atoms with Crippen LogP contribution in [-0.4, -0.2) is 36.8 Å². The van der Waals surface area contributed by atoms with Crippen LogP contribution in [0, 0.1) is 5.82 Å². The number of hydrogen-bond acceptors (Lipinski definition) is 4. The number of nitrogens with one attached hydrogen (secondary N) is 3. The molecule has 30 heavy (non-hydrogen) atoms. The lowest BCUT2D eigenvalue weighted by atomic mass is 10.1. The molecule has 0 fully saturated rings. The number of anilines is 1. The van der Waals surface area contributed by atoms with Gasteiger partial charge in [-0.2, -0.15) is 0 Å². The SMILES string of the molecule is NC(=O)Nc1ccc(C(=O)NCCCCNC(=O)c2cccc(C(N)=O)c2F)cc1. The predicted octanol–water partition coefficient (Wildman–Crippen LogP) is 1.36. The van der Waals surface area contributed by atoms with Gasteiger partial charge in [-0.3, -0.25) is 14.4 Å². The minimum absolute atomic E-state index is 0.256. The van der Waals surface area contributed by atoms with Crippen LogP contribution < -0.4 is 27.4 Å². The van der Waals surface area contributed by atoms with Crippen LogP contribution >= 0.6 is 0 Å². The summed E-state index contributed by atoms with van der Waals surface area (Å²) in [5.74, 6) is -2.83. The Hall–Kier alpha value is -3.95. The molecule has 2 aromatic rings. The van der Waals surface area contributed by atoms with Crippen molar-refractivity contribution in [2.24, 2.45) is 11.5 Å². The number of carbonyl (C=O) groups excluding carboxylic acids is 4. The van der Waals surface area contributed by atoms with Crippen LogP contribution in [0.25, 0.3) is 0 Å². The van der Waals surface area contributed by atoms with Crippen molar-refractivity contribution < 1.29 is 23.6 Å². The summed E-state index contributed by atoms with van der Waals surface area (Å²) < 4.78 is 14.1. The molecule has 0 bridgehead atoms. The van der Waals surface area contributed by atoms with Gasteiger partial charge in [-0.25, -0.2) is 9.18 Å². The van der Waals surface area contributed by atoms with Crippen LogP contribution in [0.1, 0.15) is 43.9 Å². The molecule has 0 aliphatic carbocycles. The largest absolute Gasteiger partial charge is 0.366 e. The number of amides is 5. The molecular formula is C20H22FN5O4. The van der Waals surface area contributed by atoms with Gasteiger partial charge in [-0.05, 0) is 49.2 Å². The normalized spacial score (nSPS) is 10.2. The summed E-state index contributed by atoms with van der Waals surface area (Å²) in [7, 11) is 0. The van der Waals surface area contributed by atoms with Gasteiger partial charge in [0.1, 0.15) is 5.82 Å². The minimum Gasteiger partial charge on any atom is -0.366 e. The molecule has 0 unspecified atom stereocenters. The first-order chi connectivity index (χ1) is 14.3. The van der Waals surface area contributed by atoms with Crippen molar-refractivity contribution in [2.75, 3.05) is 18.4 Å². The molecule has 0 aliphatic rings. The van der Waals surface area contributed by atoms with E-state index >= 15 is 0 Å². The number of rotatable bonds is 9. The van der Waals surface area contributed by atoms with Crippen molar-refractivity contribution in [3.63, 3.8) is 0 Å². The molecule has 2 aromatic carbocycles. The highest BCUT2D eigenvalue weighted by Crippen LogP contribution is 2.12. The predicted molar refractivity (Wildman–Crippen MR) is 108 cm³/mol. The number of primary amides is 2. The zero-order valence-electron chi connectivity index (χ0n) is 16.0. The van der Waals surface area contributed by atoms with Crippen molar-refractivity contribution in [2.45, 2.75) is 12.8 Å². The molecule has 7 N–H and O–H groups in total. The Kier molecular flexibility index (Phi) is 7.86. The molecule has 158 valence electrons. The molecule has 0 aliphatic heterocycles. The number of unbranched alkanes of at least 4 members (excludes halogenated alkanes) is 1. The molecule has 9 nitrogen and oxygen atoms in total. The van der Waals surface area contributed by atoms with Gasteiger partial charge in [0, 0.05) is 24.3 Å². The Morgan fingerprint density at radius 3 is 1.93 bits per heavy atom. The summed E-state index contributed by atoms with van der Waals surface area (Å²) in [4.78, 5) is 46.0. The smallest absolute Gasteiger partial charge is 0.316 e. The summed E-state index contributed by atoms with van der Waals surface area (Å²) in [6.45, 7) is 0.643. The number of halogens is 1. The fourth-order valence-corrected chi connectivity index (χ4v) is 2.60. The fraction of sp³-hybridized carbons (Fsp3) is 0.200.